The summed E-state index contributed by atoms with van der Waals surface area (Å²) < 4.78 is 5.13. The number of ether oxygens (including phenoxy) is 1. The van der Waals surface area contributed by atoms with Crippen LogP contribution in [0.15, 0.2) is 60.7 Å². The number of carbonyl (C=O) groups excluding carboxylic acids is 1. The fraction of sp³-hybridized carbons (Fsp3) is 0.167. The van der Waals surface area contributed by atoms with Crippen LogP contribution in [-0.4, -0.2) is 13.1 Å². The molecule has 0 heterocycles. The van der Waals surface area contributed by atoms with E-state index >= 15 is 0 Å². The summed E-state index contributed by atoms with van der Waals surface area (Å²) in [5.74, 6) is 0.0285. The van der Waals surface area contributed by atoms with Crippen LogP contribution in [0.2, 0.25) is 0 Å². The largest absolute Gasteiger partial charge is 0.468 e. The van der Waals surface area contributed by atoms with Gasteiger partial charge in [0, 0.05) is 5.92 Å². The van der Waals surface area contributed by atoms with Crippen molar-refractivity contribution in [3.05, 3.63) is 82.9 Å². The molecule has 2 nitrogen and oxygen atoms in total. The minimum absolute atomic E-state index is 0.216. The summed E-state index contributed by atoms with van der Waals surface area (Å²) in [6, 6.07) is 16.3. The quantitative estimate of drug-likeness (QED) is 0.583. The Morgan fingerprint density at radius 3 is 2.10 bits per heavy atom. The molecule has 0 saturated heterocycles. The standard InChI is InChI=1S/C18H14O2/c1-20-17(19)18-11-10-12(13-6-2-4-8-15(13)18)14-7-3-5-9-16(14)18/h2-12H,1H3. The second kappa shape index (κ2) is 3.83. The minimum atomic E-state index is -0.781. The number of allylic oxidation sites excluding steroid dienone is 1. The Morgan fingerprint density at radius 2 is 1.55 bits per heavy atom. The third-order valence-corrected chi connectivity index (χ3v) is 4.49. The predicted molar refractivity (Wildman–Crippen MR) is 76.7 cm³/mol. The lowest BCUT2D eigenvalue weighted by Gasteiger charge is -2.43. The molecule has 2 heteroatoms. The molecule has 0 aliphatic heterocycles. The smallest absolute Gasteiger partial charge is 0.324 e. The van der Waals surface area contributed by atoms with Crippen LogP contribution >= 0.6 is 0 Å². The van der Waals surface area contributed by atoms with E-state index in [0.29, 0.717) is 0 Å². The maximum atomic E-state index is 12.6. The van der Waals surface area contributed by atoms with E-state index in [1.54, 1.807) is 0 Å². The van der Waals surface area contributed by atoms with Gasteiger partial charge in [-0.1, -0.05) is 60.7 Å². The number of hydrogen-bond acceptors (Lipinski definition) is 2. The van der Waals surface area contributed by atoms with Crippen LogP contribution in [0.5, 0.6) is 0 Å². The van der Waals surface area contributed by atoms with Crippen molar-refractivity contribution in [2.45, 2.75) is 11.3 Å². The Hall–Kier alpha value is -2.35. The Morgan fingerprint density at radius 1 is 1.00 bits per heavy atom. The third-order valence-electron chi connectivity index (χ3n) is 4.49. The van der Waals surface area contributed by atoms with Crippen LogP contribution in [-0.2, 0) is 14.9 Å². The fourth-order valence-electron chi connectivity index (χ4n) is 3.64. The van der Waals surface area contributed by atoms with Crippen molar-refractivity contribution >= 4 is 5.97 Å². The highest BCUT2D eigenvalue weighted by atomic mass is 16.5. The summed E-state index contributed by atoms with van der Waals surface area (Å²) in [4.78, 5) is 12.6. The second-order valence-corrected chi connectivity index (χ2v) is 5.31. The van der Waals surface area contributed by atoms with Crippen molar-refractivity contribution in [1.29, 1.82) is 0 Å². The number of benzene rings is 2. The molecule has 2 aromatic rings. The zero-order chi connectivity index (χ0) is 13.7. The summed E-state index contributed by atoms with van der Waals surface area (Å²) in [5, 5.41) is 0. The Labute approximate surface area is 117 Å². The van der Waals surface area contributed by atoms with Gasteiger partial charge in [0.05, 0.1) is 7.11 Å². The first-order valence-corrected chi connectivity index (χ1v) is 6.75. The van der Waals surface area contributed by atoms with Gasteiger partial charge < -0.3 is 4.74 Å². The van der Waals surface area contributed by atoms with Crippen molar-refractivity contribution < 1.29 is 9.53 Å². The molecule has 98 valence electrons. The van der Waals surface area contributed by atoms with Gasteiger partial charge in [0.2, 0.25) is 0 Å². The topological polar surface area (TPSA) is 26.3 Å². The molecule has 20 heavy (non-hydrogen) atoms. The third kappa shape index (κ3) is 1.17. The van der Waals surface area contributed by atoms with Gasteiger partial charge in [0.1, 0.15) is 5.41 Å². The Kier molecular flexibility index (Phi) is 2.19. The lowest BCUT2D eigenvalue weighted by Crippen LogP contribution is -2.43. The van der Waals surface area contributed by atoms with E-state index in [2.05, 4.69) is 18.2 Å². The van der Waals surface area contributed by atoms with E-state index in [1.807, 2.05) is 42.5 Å². The van der Waals surface area contributed by atoms with E-state index in [9.17, 15) is 4.79 Å². The molecule has 0 atom stereocenters. The van der Waals surface area contributed by atoms with Crippen LogP contribution in [0.4, 0.5) is 0 Å². The highest BCUT2D eigenvalue weighted by Crippen LogP contribution is 2.52. The number of rotatable bonds is 1. The summed E-state index contributed by atoms with van der Waals surface area (Å²) in [7, 11) is 1.46. The van der Waals surface area contributed by atoms with E-state index in [1.165, 1.54) is 18.2 Å². The molecule has 5 rings (SSSR count). The molecule has 0 unspecified atom stereocenters. The molecule has 0 fully saturated rings. The van der Waals surface area contributed by atoms with Crippen LogP contribution < -0.4 is 0 Å². The molecule has 2 aromatic carbocycles. The van der Waals surface area contributed by atoms with Gasteiger partial charge in [-0.25, -0.2) is 0 Å². The molecule has 0 radical (unpaired) electrons. The molecule has 0 spiro atoms. The first kappa shape index (κ1) is 11.5. The first-order valence-electron chi connectivity index (χ1n) is 6.75. The molecular formula is C18H14O2. The van der Waals surface area contributed by atoms with Gasteiger partial charge in [0.15, 0.2) is 0 Å². The van der Waals surface area contributed by atoms with Crippen LogP contribution in [0.25, 0.3) is 0 Å². The maximum absolute atomic E-state index is 12.6. The lowest BCUT2D eigenvalue weighted by molar-refractivity contribution is -0.144. The van der Waals surface area contributed by atoms with Crippen LogP contribution in [0, 0.1) is 0 Å². The van der Waals surface area contributed by atoms with Gasteiger partial charge >= 0.3 is 5.97 Å². The summed E-state index contributed by atoms with van der Waals surface area (Å²) in [6.07, 6.45) is 4.13. The minimum Gasteiger partial charge on any atom is -0.468 e. The summed E-state index contributed by atoms with van der Waals surface area (Å²) >= 11 is 0. The Bertz CT molecular complexity index is 695. The molecule has 3 aliphatic carbocycles. The molecule has 2 bridgehead atoms. The number of carbonyl (C=O) groups is 1. The highest BCUT2D eigenvalue weighted by Gasteiger charge is 2.50. The second-order valence-electron chi connectivity index (χ2n) is 5.31. The zero-order valence-electron chi connectivity index (χ0n) is 11.2. The van der Waals surface area contributed by atoms with Crippen molar-refractivity contribution in [2.75, 3.05) is 7.11 Å². The molecule has 0 amide bonds. The summed E-state index contributed by atoms with van der Waals surface area (Å²) in [5.41, 5.74) is 3.74. The van der Waals surface area contributed by atoms with Gasteiger partial charge in [-0.15, -0.1) is 0 Å². The van der Waals surface area contributed by atoms with Crippen LogP contribution in [0.3, 0.4) is 0 Å². The van der Waals surface area contributed by atoms with Crippen molar-refractivity contribution in [3.63, 3.8) is 0 Å². The van der Waals surface area contributed by atoms with Gasteiger partial charge in [0.25, 0.3) is 0 Å². The van der Waals surface area contributed by atoms with Crippen molar-refractivity contribution in [3.8, 4) is 0 Å². The van der Waals surface area contributed by atoms with E-state index < -0.39 is 5.41 Å². The normalized spacial score (nSPS) is 24.9. The summed E-state index contributed by atoms with van der Waals surface area (Å²) in [6.45, 7) is 0. The zero-order valence-corrected chi connectivity index (χ0v) is 11.2. The van der Waals surface area contributed by atoms with Gasteiger partial charge in [-0.2, -0.15) is 0 Å². The lowest BCUT2D eigenvalue weighted by atomic mass is 9.59. The Balaban J connectivity index is 2.12. The fourth-order valence-corrected chi connectivity index (χ4v) is 3.64. The first-order chi connectivity index (χ1) is 9.79. The van der Waals surface area contributed by atoms with E-state index in [0.717, 1.165) is 11.1 Å². The number of hydrogen-bond donors (Lipinski definition) is 0. The van der Waals surface area contributed by atoms with Crippen LogP contribution in [0.1, 0.15) is 28.2 Å². The number of esters is 1. The monoisotopic (exact) mass is 262 g/mol. The van der Waals surface area contributed by atoms with Gasteiger partial charge in [-0.05, 0) is 22.3 Å². The average molecular weight is 262 g/mol. The highest BCUT2D eigenvalue weighted by molar-refractivity contribution is 5.94. The molecule has 0 saturated carbocycles. The van der Waals surface area contributed by atoms with Crippen molar-refractivity contribution in [2.24, 2.45) is 0 Å². The van der Waals surface area contributed by atoms with Crippen molar-refractivity contribution in [1.82, 2.24) is 0 Å². The number of methoxy groups -OCH3 is 1. The molecule has 3 aliphatic rings. The predicted octanol–water partition coefficient (Wildman–Crippen LogP) is 3.16. The molecular weight excluding hydrogens is 248 g/mol. The molecule has 0 N–H and O–H groups in total. The SMILES string of the molecule is COC(=O)C12C=CC(c3ccccc31)c1ccccc12. The van der Waals surface area contributed by atoms with Gasteiger partial charge in [-0.3, -0.25) is 4.79 Å². The van der Waals surface area contributed by atoms with E-state index in [4.69, 9.17) is 4.74 Å². The average Bonchev–Trinajstić information content (AvgIpc) is 2.54. The maximum Gasteiger partial charge on any atom is 0.324 e. The van der Waals surface area contributed by atoms with E-state index in [-0.39, 0.29) is 11.9 Å². The molecule has 0 aromatic heterocycles.